The minimum absolute atomic E-state index is 0.348. The van der Waals surface area contributed by atoms with Crippen molar-refractivity contribution in [1.82, 2.24) is 19.2 Å². The third-order valence-electron chi connectivity index (χ3n) is 7.21. The van der Waals surface area contributed by atoms with Gasteiger partial charge in [-0.05, 0) is 43.5 Å². The monoisotopic (exact) mass is 464 g/mol. The van der Waals surface area contributed by atoms with Crippen LogP contribution in [-0.4, -0.2) is 50.3 Å². The highest BCUT2D eigenvalue weighted by atomic mass is 35.5. The van der Waals surface area contributed by atoms with E-state index in [2.05, 4.69) is 39.5 Å². The van der Waals surface area contributed by atoms with E-state index < -0.39 is 0 Å². The summed E-state index contributed by atoms with van der Waals surface area (Å²) in [5.74, 6) is 0.370. The Balaban J connectivity index is 1.34. The molecule has 2 aliphatic rings. The molecule has 2 atom stereocenters. The summed E-state index contributed by atoms with van der Waals surface area (Å²) in [6, 6.07) is 14.8. The van der Waals surface area contributed by atoms with Gasteiger partial charge in [0.2, 0.25) is 5.91 Å². The number of unbranched alkanes of at least 4 members (excludes halogenated alkanes) is 3. The van der Waals surface area contributed by atoms with Crippen LogP contribution in [0.1, 0.15) is 57.6 Å². The van der Waals surface area contributed by atoms with E-state index >= 15 is 0 Å². The van der Waals surface area contributed by atoms with Crippen molar-refractivity contribution in [3.8, 4) is 11.3 Å². The topological polar surface area (TPSA) is 40.9 Å². The summed E-state index contributed by atoms with van der Waals surface area (Å²) in [6.45, 7) is 4.92. The summed E-state index contributed by atoms with van der Waals surface area (Å²) >= 11 is 6.13. The lowest BCUT2D eigenvalue weighted by molar-refractivity contribution is -0.137. The van der Waals surface area contributed by atoms with Crippen LogP contribution < -0.4 is 0 Å². The number of rotatable bonds is 8. The van der Waals surface area contributed by atoms with Gasteiger partial charge in [-0.15, -0.1) is 0 Å². The number of hydrogen-bond donors (Lipinski definition) is 0. The van der Waals surface area contributed by atoms with E-state index in [0.29, 0.717) is 24.4 Å². The molecule has 2 fully saturated rings. The highest BCUT2D eigenvalue weighted by Crippen LogP contribution is 2.33. The average Bonchev–Trinajstić information content (AvgIpc) is 3.32. The van der Waals surface area contributed by atoms with Gasteiger partial charge < -0.3 is 9.30 Å². The van der Waals surface area contributed by atoms with E-state index in [-0.39, 0.29) is 0 Å². The van der Waals surface area contributed by atoms with Crippen molar-refractivity contribution in [3.63, 3.8) is 0 Å². The van der Waals surface area contributed by atoms with Crippen LogP contribution in [0.5, 0.6) is 0 Å². The van der Waals surface area contributed by atoms with Crippen molar-refractivity contribution in [2.24, 2.45) is 0 Å². The molecule has 1 amide bonds. The summed E-state index contributed by atoms with van der Waals surface area (Å²) < 4.78 is 2.21. The molecule has 6 heteroatoms. The first-order valence-electron chi connectivity index (χ1n) is 12.4. The number of likely N-dealkylation sites (tertiary alicyclic amines) is 1. The maximum Gasteiger partial charge on any atom is 0.223 e. The average molecular weight is 465 g/mol. The van der Waals surface area contributed by atoms with Gasteiger partial charge in [0.25, 0.3) is 0 Å². The van der Waals surface area contributed by atoms with Crippen LogP contribution in [-0.2, 0) is 11.3 Å². The Bertz CT molecular complexity index is 1100. The number of carbonyl (C=O) groups excluding carboxylic acids is 1. The van der Waals surface area contributed by atoms with E-state index in [0.717, 1.165) is 60.8 Å². The molecular formula is C27H33ClN4O. The Kier molecular flexibility index (Phi) is 6.70. The molecule has 174 valence electrons. The van der Waals surface area contributed by atoms with Gasteiger partial charge in [-0.2, -0.15) is 0 Å². The standard InChI is InChI=1S/C27H33ClN4O/c1-2-3-4-5-9-26(33)32-22-14-15-23(32)18-30(17-22)19-24-27(20-10-12-21(28)13-11-20)29-25-8-6-7-16-31(24)25/h6-8,10-13,16,22-23H,2-5,9,14-15,17-19H2,1H3. The number of fused-ring (bicyclic) bond motifs is 3. The van der Waals surface area contributed by atoms with Crippen molar-refractivity contribution < 1.29 is 4.79 Å². The fraction of sp³-hybridized carbons (Fsp3) is 0.481. The maximum absolute atomic E-state index is 13.0. The molecule has 2 saturated heterocycles. The molecule has 1 aromatic carbocycles. The predicted octanol–water partition coefficient (Wildman–Crippen LogP) is 5.80. The second-order valence-electron chi connectivity index (χ2n) is 9.53. The van der Waals surface area contributed by atoms with Gasteiger partial charge in [0, 0.05) is 54.9 Å². The van der Waals surface area contributed by atoms with Crippen LogP contribution in [0.2, 0.25) is 5.02 Å². The zero-order valence-electron chi connectivity index (χ0n) is 19.4. The summed E-state index contributed by atoms with van der Waals surface area (Å²) in [6.07, 6.45) is 9.68. The molecule has 0 radical (unpaired) electrons. The van der Waals surface area contributed by atoms with Gasteiger partial charge in [-0.1, -0.05) is 56.0 Å². The molecule has 2 unspecified atom stereocenters. The molecule has 0 aliphatic carbocycles. The Hall–Kier alpha value is -2.37. The van der Waals surface area contributed by atoms with Crippen LogP contribution in [0.25, 0.3) is 16.9 Å². The second-order valence-corrected chi connectivity index (χ2v) is 9.97. The lowest BCUT2D eigenvalue weighted by atomic mass is 10.1. The van der Waals surface area contributed by atoms with Crippen LogP contribution in [0.15, 0.2) is 48.7 Å². The number of imidazole rings is 1. The summed E-state index contributed by atoms with van der Waals surface area (Å²) in [7, 11) is 0. The lowest BCUT2D eigenvalue weighted by Gasteiger charge is -2.41. The molecule has 0 saturated carbocycles. The Labute approximate surface area is 201 Å². The van der Waals surface area contributed by atoms with Crippen LogP contribution in [0.4, 0.5) is 0 Å². The van der Waals surface area contributed by atoms with Crippen LogP contribution in [0, 0.1) is 0 Å². The largest absolute Gasteiger partial charge is 0.334 e. The first-order chi connectivity index (χ1) is 16.1. The molecule has 33 heavy (non-hydrogen) atoms. The molecule has 2 aliphatic heterocycles. The Morgan fingerprint density at radius 2 is 1.79 bits per heavy atom. The number of halogens is 1. The SMILES string of the molecule is CCCCCCC(=O)N1C2CCC1CN(Cc1c(-c3ccc(Cl)cc3)nc3ccccn13)C2. The number of nitrogens with zero attached hydrogens (tertiary/aromatic N) is 4. The number of carbonyl (C=O) groups is 1. The zero-order chi connectivity index (χ0) is 22.8. The molecule has 4 heterocycles. The van der Waals surface area contributed by atoms with Gasteiger partial charge in [-0.25, -0.2) is 4.98 Å². The number of aromatic nitrogens is 2. The van der Waals surface area contributed by atoms with Crippen LogP contribution in [0.3, 0.4) is 0 Å². The molecule has 2 bridgehead atoms. The smallest absolute Gasteiger partial charge is 0.223 e. The summed E-state index contributed by atoms with van der Waals surface area (Å²) in [5, 5.41) is 0.733. The summed E-state index contributed by atoms with van der Waals surface area (Å²) in [5.41, 5.74) is 4.26. The third-order valence-corrected chi connectivity index (χ3v) is 7.46. The minimum Gasteiger partial charge on any atom is -0.334 e. The Morgan fingerprint density at radius 3 is 2.52 bits per heavy atom. The molecule has 2 aromatic heterocycles. The highest BCUT2D eigenvalue weighted by molar-refractivity contribution is 6.30. The van der Waals surface area contributed by atoms with E-state index in [1.165, 1.54) is 25.0 Å². The molecule has 0 spiro atoms. The first kappa shape index (κ1) is 22.4. The number of pyridine rings is 1. The molecule has 3 aromatic rings. The Morgan fingerprint density at radius 1 is 1.03 bits per heavy atom. The van der Waals surface area contributed by atoms with Crippen molar-refractivity contribution in [3.05, 3.63) is 59.4 Å². The molecular weight excluding hydrogens is 432 g/mol. The minimum atomic E-state index is 0.348. The van der Waals surface area contributed by atoms with E-state index in [1.807, 2.05) is 30.3 Å². The highest BCUT2D eigenvalue weighted by Gasteiger charge is 2.42. The van der Waals surface area contributed by atoms with Gasteiger partial charge >= 0.3 is 0 Å². The van der Waals surface area contributed by atoms with Gasteiger partial charge in [0.15, 0.2) is 0 Å². The normalized spacial score (nSPS) is 20.6. The number of hydrogen-bond acceptors (Lipinski definition) is 3. The van der Waals surface area contributed by atoms with Gasteiger partial charge in [0.1, 0.15) is 5.65 Å². The quantitative estimate of drug-likeness (QED) is 0.395. The number of piperazine rings is 1. The van der Waals surface area contributed by atoms with Crippen molar-refractivity contribution in [2.75, 3.05) is 13.1 Å². The lowest BCUT2D eigenvalue weighted by Crippen LogP contribution is -2.55. The fourth-order valence-corrected chi connectivity index (χ4v) is 5.73. The molecule has 0 N–H and O–H groups in total. The van der Waals surface area contributed by atoms with Gasteiger partial charge in [-0.3, -0.25) is 9.69 Å². The second kappa shape index (κ2) is 9.86. The van der Waals surface area contributed by atoms with Crippen molar-refractivity contribution in [2.45, 2.75) is 70.5 Å². The fourth-order valence-electron chi connectivity index (χ4n) is 5.61. The number of benzene rings is 1. The van der Waals surface area contributed by atoms with Crippen LogP contribution >= 0.6 is 11.6 Å². The predicted molar refractivity (Wildman–Crippen MR) is 133 cm³/mol. The van der Waals surface area contributed by atoms with E-state index in [4.69, 9.17) is 16.6 Å². The van der Waals surface area contributed by atoms with Crippen molar-refractivity contribution in [1.29, 1.82) is 0 Å². The zero-order valence-corrected chi connectivity index (χ0v) is 20.2. The molecule has 5 nitrogen and oxygen atoms in total. The molecule has 5 rings (SSSR count). The van der Waals surface area contributed by atoms with E-state index in [1.54, 1.807) is 0 Å². The number of amides is 1. The van der Waals surface area contributed by atoms with Gasteiger partial charge in [0.05, 0.1) is 11.4 Å². The maximum atomic E-state index is 13.0. The van der Waals surface area contributed by atoms with E-state index in [9.17, 15) is 4.79 Å². The third kappa shape index (κ3) is 4.67. The summed E-state index contributed by atoms with van der Waals surface area (Å²) in [4.78, 5) is 22.7. The first-order valence-corrected chi connectivity index (χ1v) is 12.8. The van der Waals surface area contributed by atoms with Crippen molar-refractivity contribution >= 4 is 23.2 Å².